The van der Waals surface area contributed by atoms with E-state index in [0.29, 0.717) is 11.2 Å². The number of hydrogen-bond donors (Lipinski definition) is 1. The van der Waals surface area contributed by atoms with E-state index in [1.807, 2.05) is 0 Å². The van der Waals surface area contributed by atoms with E-state index in [9.17, 15) is 0 Å². The highest BCUT2D eigenvalue weighted by atomic mass is 35.5. The van der Waals surface area contributed by atoms with Crippen LogP contribution in [0.3, 0.4) is 0 Å². The molecule has 2 atom stereocenters. The molecule has 92 valence electrons. The van der Waals surface area contributed by atoms with Crippen molar-refractivity contribution in [1.29, 1.82) is 0 Å². The van der Waals surface area contributed by atoms with Gasteiger partial charge in [0.2, 0.25) is 0 Å². The molecule has 2 saturated heterocycles. The summed E-state index contributed by atoms with van der Waals surface area (Å²) in [6.07, 6.45) is 7.31. The van der Waals surface area contributed by atoms with Crippen LogP contribution < -0.4 is 5.32 Å². The van der Waals surface area contributed by atoms with Gasteiger partial charge in [0.1, 0.15) is 5.15 Å². The molecule has 3 heterocycles. The predicted molar refractivity (Wildman–Crippen MR) is 66.9 cm³/mol. The van der Waals surface area contributed by atoms with E-state index in [4.69, 9.17) is 11.6 Å². The molecule has 4 nitrogen and oxygen atoms in total. The molecule has 0 aliphatic carbocycles. The summed E-state index contributed by atoms with van der Waals surface area (Å²) < 4.78 is 0. The Kier molecular flexibility index (Phi) is 3.27. The molecule has 2 unspecified atom stereocenters. The van der Waals surface area contributed by atoms with Crippen LogP contribution in [-0.4, -0.2) is 40.0 Å². The highest BCUT2D eigenvalue weighted by molar-refractivity contribution is 6.29. The molecule has 17 heavy (non-hydrogen) atoms. The molecule has 2 aliphatic heterocycles. The van der Waals surface area contributed by atoms with Crippen LogP contribution in [0, 0.1) is 0 Å². The second kappa shape index (κ2) is 4.88. The number of likely N-dealkylation sites (tertiary alicyclic amines) is 1. The second-order valence-corrected chi connectivity index (χ2v) is 5.38. The molecular weight excluding hydrogens is 236 g/mol. The number of hydrogen-bond acceptors (Lipinski definition) is 4. The fourth-order valence-electron chi connectivity index (χ4n) is 2.81. The number of rotatable bonds is 2. The average molecular weight is 253 g/mol. The third kappa shape index (κ3) is 2.76. The Bertz CT molecular complexity index is 381. The molecule has 2 aliphatic rings. The lowest BCUT2D eigenvalue weighted by Gasteiger charge is -2.23. The van der Waals surface area contributed by atoms with Gasteiger partial charge in [-0.2, -0.15) is 0 Å². The van der Waals surface area contributed by atoms with Crippen LogP contribution in [-0.2, 0) is 6.54 Å². The zero-order valence-corrected chi connectivity index (χ0v) is 10.5. The number of halogens is 1. The lowest BCUT2D eigenvalue weighted by atomic mass is 10.1. The van der Waals surface area contributed by atoms with Crippen LogP contribution >= 0.6 is 11.6 Å². The molecule has 5 heteroatoms. The van der Waals surface area contributed by atoms with E-state index >= 15 is 0 Å². The van der Waals surface area contributed by atoms with Gasteiger partial charge in [-0.1, -0.05) is 11.6 Å². The van der Waals surface area contributed by atoms with Crippen LogP contribution in [0.5, 0.6) is 0 Å². The molecule has 0 spiro atoms. The first-order valence-corrected chi connectivity index (χ1v) is 6.62. The number of nitrogens with zero attached hydrogens (tertiary/aromatic N) is 3. The summed E-state index contributed by atoms with van der Waals surface area (Å²) >= 11 is 5.73. The third-order valence-electron chi connectivity index (χ3n) is 3.67. The first-order valence-electron chi connectivity index (χ1n) is 6.24. The van der Waals surface area contributed by atoms with Crippen molar-refractivity contribution in [2.24, 2.45) is 0 Å². The standard InChI is InChI=1S/C12H17ClN4/c13-12-6-14-11(5-15-12)8-17-4-3-9-1-2-10(7-17)16-9/h5-6,9-10,16H,1-4,7-8H2. The van der Waals surface area contributed by atoms with Crippen molar-refractivity contribution >= 4 is 11.6 Å². The Labute approximate surface area is 106 Å². The van der Waals surface area contributed by atoms with Gasteiger partial charge in [0, 0.05) is 31.7 Å². The smallest absolute Gasteiger partial charge is 0.147 e. The van der Waals surface area contributed by atoms with Gasteiger partial charge >= 0.3 is 0 Å². The molecule has 0 radical (unpaired) electrons. The van der Waals surface area contributed by atoms with Crippen molar-refractivity contribution in [3.63, 3.8) is 0 Å². The van der Waals surface area contributed by atoms with Gasteiger partial charge in [0.15, 0.2) is 0 Å². The zero-order valence-electron chi connectivity index (χ0n) is 9.77. The molecule has 0 saturated carbocycles. The van der Waals surface area contributed by atoms with Gasteiger partial charge in [0.05, 0.1) is 18.1 Å². The maximum atomic E-state index is 5.73. The van der Waals surface area contributed by atoms with Crippen LogP contribution in [0.2, 0.25) is 5.15 Å². The van der Waals surface area contributed by atoms with Crippen molar-refractivity contribution in [3.05, 3.63) is 23.2 Å². The van der Waals surface area contributed by atoms with Crippen LogP contribution in [0.15, 0.2) is 12.4 Å². The van der Waals surface area contributed by atoms with Gasteiger partial charge < -0.3 is 5.32 Å². The summed E-state index contributed by atoms with van der Waals surface area (Å²) in [6.45, 7) is 3.16. The summed E-state index contributed by atoms with van der Waals surface area (Å²) in [5, 5.41) is 4.14. The van der Waals surface area contributed by atoms with Gasteiger partial charge in [-0.15, -0.1) is 0 Å². The van der Waals surface area contributed by atoms with E-state index in [-0.39, 0.29) is 0 Å². The summed E-state index contributed by atoms with van der Waals surface area (Å²) in [5.41, 5.74) is 1.01. The van der Waals surface area contributed by atoms with Crippen molar-refractivity contribution < 1.29 is 0 Å². The van der Waals surface area contributed by atoms with E-state index in [1.165, 1.54) is 19.3 Å². The van der Waals surface area contributed by atoms with E-state index in [1.54, 1.807) is 12.4 Å². The normalized spacial score (nSPS) is 29.2. The zero-order chi connectivity index (χ0) is 11.7. The first kappa shape index (κ1) is 11.4. The largest absolute Gasteiger partial charge is 0.310 e. The predicted octanol–water partition coefficient (Wildman–Crippen LogP) is 1.46. The molecule has 3 rings (SSSR count). The molecule has 0 aromatic carbocycles. The monoisotopic (exact) mass is 252 g/mol. The summed E-state index contributed by atoms with van der Waals surface area (Å²) in [5.74, 6) is 0. The minimum Gasteiger partial charge on any atom is -0.310 e. The van der Waals surface area contributed by atoms with Gasteiger partial charge in [-0.05, 0) is 19.3 Å². The lowest BCUT2D eigenvalue weighted by molar-refractivity contribution is 0.248. The van der Waals surface area contributed by atoms with Gasteiger partial charge in [-0.3, -0.25) is 9.88 Å². The topological polar surface area (TPSA) is 41.1 Å². The molecule has 2 bridgehead atoms. The Hall–Kier alpha value is -0.710. The summed E-state index contributed by atoms with van der Waals surface area (Å²) in [4.78, 5) is 10.9. The van der Waals surface area contributed by atoms with Crippen molar-refractivity contribution in [2.45, 2.75) is 37.9 Å². The molecule has 0 amide bonds. The Balaban J connectivity index is 1.63. The van der Waals surface area contributed by atoms with Gasteiger partial charge in [-0.25, -0.2) is 4.98 Å². The Morgan fingerprint density at radius 1 is 1.24 bits per heavy atom. The van der Waals surface area contributed by atoms with Crippen LogP contribution in [0.1, 0.15) is 25.0 Å². The van der Waals surface area contributed by atoms with Crippen molar-refractivity contribution in [1.82, 2.24) is 20.2 Å². The minimum absolute atomic E-state index is 0.463. The van der Waals surface area contributed by atoms with E-state index in [2.05, 4.69) is 20.2 Å². The summed E-state index contributed by atoms with van der Waals surface area (Å²) in [6, 6.07) is 1.41. The highest BCUT2D eigenvalue weighted by Crippen LogP contribution is 2.21. The molecule has 1 aromatic heterocycles. The fourth-order valence-corrected chi connectivity index (χ4v) is 2.91. The lowest BCUT2D eigenvalue weighted by Crippen LogP contribution is -2.35. The average Bonchev–Trinajstić information content (AvgIpc) is 2.66. The van der Waals surface area contributed by atoms with E-state index < -0.39 is 0 Å². The summed E-state index contributed by atoms with van der Waals surface area (Å²) in [7, 11) is 0. The van der Waals surface area contributed by atoms with Crippen LogP contribution in [0.25, 0.3) is 0 Å². The SMILES string of the molecule is Clc1cnc(CN2CCC3CCC(C2)N3)cn1. The van der Waals surface area contributed by atoms with Crippen LogP contribution in [0.4, 0.5) is 0 Å². The Morgan fingerprint density at radius 2 is 2.12 bits per heavy atom. The first-order chi connectivity index (χ1) is 8.29. The second-order valence-electron chi connectivity index (χ2n) is 4.99. The molecule has 2 fully saturated rings. The van der Waals surface area contributed by atoms with E-state index in [0.717, 1.165) is 31.4 Å². The third-order valence-corrected chi connectivity index (χ3v) is 3.86. The number of aromatic nitrogens is 2. The van der Waals surface area contributed by atoms with Crippen molar-refractivity contribution in [2.75, 3.05) is 13.1 Å². The maximum Gasteiger partial charge on any atom is 0.147 e. The maximum absolute atomic E-state index is 5.73. The highest BCUT2D eigenvalue weighted by Gasteiger charge is 2.29. The fraction of sp³-hybridized carbons (Fsp3) is 0.667. The Morgan fingerprint density at radius 3 is 2.94 bits per heavy atom. The number of fused-ring (bicyclic) bond motifs is 2. The van der Waals surface area contributed by atoms with Gasteiger partial charge in [0.25, 0.3) is 0 Å². The molecular formula is C12H17ClN4. The quantitative estimate of drug-likeness (QED) is 0.865. The minimum atomic E-state index is 0.463. The van der Waals surface area contributed by atoms with Crippen molar-refractivity contribution in [3.8, 4) is 0 Å². The molecule has 1 aromatic rings. The molecule has 1 N–H and O–H groups in total. The number of nitrogens with one attached hydrogen (secondary N) is 1.